The van der Waals surface area contributed by atoms with Crippen molar-refractivity contribution in [2.24, 2.45) is 0 Å². The second kappa shape index (κ2) is 9.67. The number of halogens is 1. The number of ether oxygens (including phenoxy) is 3. The van der Waals surface area contributed by atoms with Gasteiger partial charge < -0.3 is 19.5 Å². The number of hydrogen-bond donors (Lipinski definition) is 1. The van der Waals surface area contributed by atoms with Crippen molar-refractivity contribution >= 4 is 67.2 Å². The second-order valence-corrected chi connectivity index (χ2v) is 8.71. The highest BCUT2D eigenvalue weighted by molar-refractivity contribution is 7.22. The molecular formula is C21H20ClNO6S2. The number of thiophene rings is 2. The zero-order valence-corrected chi connectivity index (χ0v) is 19.7. The molecule has 0 radical (unpaired) electrons. The number of esters is 2. The summed E-state index contributed by atoms with van der Waals surface area (Å²) < 4.78 is 16.2. The molecule has 1 aromatic carbocycles. The summed E-state index contributed by atoms with van der Waals surface area (Å²) in [5.41, 5.74) is 0.520. The molecule has 0 aliphatic carbocycles. The van der Waals surface area contributed by atoms with Crippen LogP contribution in [0.1, 0.15) is 49.1 Å². The van der Waals surface area contributed by atoms with Crippen molar-refractivity contribution in [2.75, 3.05) is 25.6 Å². The number of carbonyl (C=O) groups is 3. The van der Waals surface area contributed by atoms with Gasteiger partial charge in [0.15, 0.2) is 0 Å². The number of fused-ring (bicyclic) bond motifs is 1. The van der Waals surface area contributed by atoms with Crippen LogP contribution >= 0.6 is 34.3 Å². The number of nitrogens with one attached hydrogen (secondary N) is 1. The first-order valence-electron chi connectivity index (χ1n) is 9.37. The molecule has 164 valence electrons. The molecule has 10 heteroatoms. The van der Waals surface area contributed by atoms with E-state index in [9.17, 15) is 14.4 Å². The fourth-order valence-corrected chi connectivity index (χ4v) is 5.44. The highest BCUT2D eigenvalue weighted by Gasteiger charge is 2.28. The van der Waals surface area contributed by atoms with Gasteiger partial charge >= 0.3 is 11.9 Å². The molecule has 0 saturated heterocycles. The van der Waals surface area contributed by atoms with Crippen LogP contribution in [-0.2, 0) is 9.47 Å². The first-order chi connectivity index (χ1) is 14.8. The van der Waals surface area contributed by atoms with E-state index in [4.69, 9.17) is 25.8 Å². The molecule has 0 fully saturated rings. The average Bonchev–Trinajstić information content (AvgIpc) is 3.24. The summed E-state index contributed by atoms with van der Waals surface area (Å²) in [6.07, 6.45) is 0. The molecule has 31 heavy (non-hydrogen) atoms. The largest absolute Gasteiger partial charge is 0.497 e. The molecule has 1 amide bonds. The third kappa shape index (κ3) is 4.53. The monoisotopic (exact) mass is 481 g/mol. The highest BCUT2D eigenvalue weighted by atomic mass is 35.5. The highest BCUT2D eigenvalue weighted by Crippen LogP contribution is 2.39. The van der Waals surface area contributed by atoms with E-state index in [0.29, 0.717) is 16.3 Å². The Bertz CT molecular complexity index is 1170. The lowest BCUT2D eigenvalue weighted by Gasteiger charge is -2.06. The van der Waals surface area contributed by atoms with E-state index in [1.807, 2.05) is 0 Å². The minimum absolute atomic E-state index is 0.127. The Morgan fingerprint density at radius 3 is 2.35 bits per heavy atom. The van der Waals surface area contributed by atoms with Gasteiger partial charge in [-0.25, -0.2) is 9.59 Å². The molecule has 1 N–H and O–H groups in total. The van der Waals surface area contributed by atoms with Crippen LogP contribution in [0.4, 0.5) is 5.00 Å². The number of carbonyl (C=O) groups excluding carboxylic acids is 3. The number of benzene rings is 1. The lowest BCUT2D eigenvalue weighted by molar-refractivity contribution is 0.0527. The van der Waals surface area contributed by atoms with Gasteiger partial charge in [-0.05, 0) is 44.5 Å². The Morgan fingerprint density at radius 1 is 1.03 bits per heavy atom. The Morgan fingerprint density at radius 2 is 1.71 bits per heavy atom. The van der Waals surface area contributed by atoms with Gasteiger partial charge in [0, 0.05) is 10.1 Å². The normalized spacial score (nSPS) is 10.7. The Kier molecular flexibility index (Phi) is 7.19. The van der Waals surface area contributed by atoms with Gasteiger partial charge in [0.1, 0.15) is 20.5 Å². The van der Waals surface area contributed by atoms with E-state index < -0.39 is 17.8 Å². The molecule has 3 rings (SSSR count). The van der Waals surface area contributed by atoms with Crippen LogP contribution in [-0.4, -0.2) is 38.2 Å². The van der Waals surface area contributed by atoms with Crippen molar-refractivity contribution in [1.29, 1.82) is 0 Å². The first kappa shape index (κ1) is 23.1. The smallest absolute Gasteiger partial charge is 0.348 e. The first-order valence-corrected chi connectivity index (χ1v) is 11.4. The minimum Gasteiger partial charge on any atom is -0.497 e. The second-order valence-electron chi connectivity index (χ2n) is 6.26. The van der Waals surface area contributed by atoms with Crippen molar-refractivity contribution in [1.82, 2.24) is 0 Å². The van der Waals surface area contributed by atoms with Gasteiger partial charge in [-0.1, -0.05) is 11.6 Å². The van der Waals surface area contributed by atoms with Crippen molar-refractivity contribution in [2.45, 2.75) is 20.8 Å². The molecule has 0 unspecified atom stereocenters. The average molecular weight is 482 g/mol. The summed E-state index contributed by atoms with van der Waals surface area (Å²) in [5.74, 6) is -1.04. The summed E-state index contributed by atoms with van der Waals surface area (Å²) in [6, 6.07) is 5.33. The molecule has 2 aromatic heterocycles. The van der Waals surface area contributed by atoms with Crippen molar-refractivity contribution in [3.05, 3.63) is 44.1 Å². The SMILES string of the molecule is CCOC(=O)c1sc(NC(=O)c2sc3cc(OC)ccc3c2Cl)c(C(=O)OCC)c1C. The number of rotatable bonds is 7. The summed E-state index contributed by atoms with van der Waals surface area (Å²) in [4.78, 5) is 38.4. The van der Waals surface area contributed by atoms with E-state index in [2.05, 4.69) is 5.32 Å². The van der Waals surface area contributed by atoms with Crippen molar-refractivity contribution < 1.29 is 28.6 Å². The maximum absolute atomic E-state index is 13.0. The van der Waals surface area contributed by atoms with Crippen LogP contribution in [0.15, 0.2) is 18.2 Å². The molecular weight excluding hydrogens is 462 g/mol. The van der Waals surface area contributed by atoms with E-state index in [1.54, 1.807) is 46.1 Å². The van der Waals surface area contributed by atoms with Crippen molar-refractivity contribution in [3.63, 3.8) is 0 Å². The number of methoxy groups -OCH3 is 1. The maximum Gasteiger partial charge on any atom is 0.348 e. The standard InChI is InChI=1S/C21H20ClNO6S2/c1-5-28-20(25)14-10(3)16(21(26)29-6-2)31-19(14)23-18(24)17-15(22)12-8-7-11(27-4)9-13(12)30-17/h7-9H,5-6H2,1-4H3,(H,23,24). The van der Waals surface area contributed by atoms with Gasteiger partial charge in [-0.2, -0.15) is 0 Å². The van der Waals surface area contributed by atoms with E-state index in [1.165, 1.54) is 11.3 Å². The molecule has 0 spiro atoms. The predicted molar refractivity (Wildman–Crippen MR) is 122 cm³/mol. The third-order valence-corrected chi connectivity index (χ3v) is 7.20. The van der Waals surface area contributed by atoms with Crippen LogP contribution in [0.5, 0.6) is 5.75 Å². The van der Waals surface area contributed by atoms with Crippen LogP contribution in [0.25, 0.3) is 10.1 Å². The van der Waals surface area contributed by atoms with Crippen LogP contribution < -0.4 is 10.1 Å². The van der Waals surface area contributed by atoms with Gasteiger partial charge in [0.05, 0.1) is 30.9 Å². The third-order valence-electron chi connectivity index (χ3n) is 4.36. The lowest BCUT2D eigenvalue weighted by Crippen LogP contribution is -2.14. The maximum atomic E-state index is 13.0. The van der Waals surface area contributed by atoms with Crippen molar-refractivity contribution in [3.8, 4) is 5.75 Å². The van der Waals surface area contributed by atoms with Gasteiger partial charge in [-0.15, -0.1) is 22.7 Å². The molecule has 0 atom stereocenters. The lowest BCUT2D eigenvalue weighted by atomic mass is 10.1. The zero-order chi connectivity index (χ0) is 22.7. The molecule has 3 aromatic rings. The molecule has 0 bridgehead atoms. The van der Waals surface area contributed by atoms with Gasteiger partial charge in [0.2, 0.25) is 0 Å². The van der Waals surface area contributed by atoms with Crippen LogP contribution in [0.3, 0.4) is 0 Å². The number of amides is 1. The summed E-state index contributed by atoms with van der Waals surface area (Å²) in [6.45, 7) is 5.32. The topological polar surface area (TPSA) is 90.9 Å². The minimum atomic E-state index is -0.630. The van der Waals surface area contributed by atoms with E-state index >= 15 is 0 Å². The molecule has 0 aliphatic rings. The number of hydrogen-bond acceptors (Lipinski definition) is 8. The molecule has 2 heterocycles. The van der Waals surface area contributed by atoms with Gasteiger partial charge in [0.25, 0.3) is 5.91 Å². The number of anilines is 1. The molecule has 0 aliphatic heterocycles. The predicted octanol–water partition coefficient (Wildman–Crippen LogP) is 5.54. The fraction of sp³-hybridized carbons (Fsp3) is 0.286. The zero-order valence-electron chi connectivity index (χ0n) is 17.3. The summed E-state index contributed by atoms with van der Waals surface area (Å²) in [5, 5.41) is 3.95. The Hall–Kier alpha value is -2.62. The Labute approximate surface area is 191 Å². The van der Waals surface area contributed by atoms with E-state index in [0.717, 1.165) is 21.4 Å². The van der Waals surface area contributed by atoms with Gasteiger partial charge in [-0.3, -0.25) is 4.79 Å². The molecule has 0 saturated carbocycles. The quantitative estimate of drug-likeness (QED) is 0.445. The Balaban J connectivity index is 2.01. The fourth-order valence-electron chi connectivity index (χ4n) is 2.92. The molecule has 7 nitrogen and oxygen atoms in total. The summed E-state index contributed by atoms with van der Waals surface area (Å²) in [7, 11) is 1.56. The van der Waals surface area contributed by atoms with Crippen LogP contribution in [0.2, 0.25) is 5.02 Å². The summed E-state index contributed by atoms with van der Waals surface area (Å²) >= 11 is 8.61. The van der Waals surface area contributed by atoms with Crippen LogP contribution in [0, 0.1) is 6.92 Å². The van der Waals surface area contributed by atoms with E-state index in [-0.39, 0.29) is 33.5 Å².